The van der Waals surface area contributed by atoms with Gasteiger partial charge in [0.1, 0.15) is 11.5 Å². The van der Waals surface area contributed by atoms with Crippen molar-refractivity contribution in [2.45, 2.75) is 24.4 Å². The zero-order valence-corrected chi connectivity index (χ0v) is 22.2. The molecule has 4 rings (SSSR count). The minimum Gasteiger partial charge on any atom is -0.497 e. The number of carbonyl (C=O) groups is 1. The van der Waals surface area contributed by atoms with Gasteiger partial charge in [0.15, 0.2) is 11.0 Å². The van der Waals surface area contributed by atoms with Gasteiger partial charge in [-0.3, -0.25) is 9.36 Å². The molecule has 0 fully saturated rings. The van der Waals surface area contributed by atoms with Crippen LogP contribution < -0.4 is 14.8 Å². The predicted molar refractivity (Wildman–Crippen MR) is 143 cm³/mol. The second-order valence-corrected chi connectivity index (χ2v) is 9.68. The Labute approximate surface area is 223 Å². The monoisotopic (exact) mass is 542 g/mol. The van der Waals surface area contributed by atoms with Gasteiger partial charge in [0, 0.05) is 22.4 Å². The molecule has 0 spiro atoms. The van der Waals surface area contributed by atoms with E-state index >= 15 is 0 Å². The number of hydrogen-bond acceptors (Lipinski definition) is 6. The number of halogens is 2. The van der Waals surface area contributed by atoms with Crippen molar-refractivity contribution in [3.63, 3.8) is 0 Å². The van der Waals surface area contributed by atoms with E-state index in [-0.39, 0.29) is 12.5 Å². The number of nitrogens with zero attached hydrogens (tertiary/aromatic N) is 3. The third kappa shape index (κ3) is 6.13. The number of nitrogens with one attached hydrogen (secondary N) is 1. The number of ether oxygens (including phenoxy) is 2. The summed E-state index contributed by atoms with van der Waals surface area (Å²) >= 11 is 14.3. The lowest BCUT2D eigenvalue weighted by atomic mass is 10.2. The largest absolute Gasteiger partial charge is 0.497 e. The highest BCUT2D eigenvalue weighted by molar-refractivity contribution is 7.98. The molecule has 1 amide bonds. The second-order valence-electron chi connectivity index (χ2n) is 7.89. The van der Waals surface area contributed by atoms with Crippen LogP contribution >= 0.6 is 35.0 Å². The second kappa shape index (κ2) is 11.7. The van der Waals surface area contributed by atoms with Gasteiger partial charge in [0.2, 0.25) is 0 Å². The SMILES string of the molecule is COc1cc(OC)cc(C(=O)NCc2nnc(SCc3cccc(C)c3)n2-c2cc(Cl)ccc2Cl)c1. The Balaban J connectivity index is 1.62. The van der Waals surface area contributed by atoms with Crippen LogP contribution in [0.2, 0.25) is 10.0 Å². The zero-order chi connectivity index (χ0) is 25.7. The molecule has 10 heteroatoms. The lowest BCUT2D eigenvalue weighted by Gasteiger charge is -2.13. The fourth-order valence-electron chi connectivity index (χ4n) is 3.56. The van der Waals surface area contributed by atoms with Crippen LogP contribution in [0.15, 0.2) is 65.8 Å². The summed E-state index contributed by atoms with van der Waals surface area (Å²) in [6.07, 6.45) is 0. The first-order valence-corrected chi connectivity index (χ1v) is 12.7. The Kier molecular flexibility index (Phi) is 8.40. The standard InChI is InChI=1S/C26H24Cl2N4O3S/c1-16-5-4-6-17(9-16)15-36-26-31-30-24(32(26)23-12-19(27)7-8-22(23)28)14-29-25(33)18-10-20(34-2)13-21(11-18)35-3/h4-13H,14-15H2,1-3H3,(H,29,33). The minimum absolute atomic E-state index is 0.110. The van der Waals surface area contributed by atoms with E-state index in [1.54, 1.807) is 36.4 Å². The van der Waals surface area contributed by atoms with Crippen LogP contribution in [0.1, 0.15) is 27.3 Å². The van der Waals surface area contributed by atoms with Crippen LogP contribution in [0.25, 0.3) is 5.69 Å². The highest BCUT2D eigenvalue weighted by Gasteiger charge is 2.19. The molecule has 0 unspecified atom stereocenters. The summed E-state index contributed by atoms with van der Waals surface area (Å²) in [6, 6.07) is 18.4. The normalized spacial score (nSPS) is 10.8. The summed E-state index contributed by atoms with van der Waals surface area (Å²) in [4.78, 5) is 12.9. The van der Waals surface area contributed by atoms with Gasteiger partial charge in [-0.05, 0) is 42.8 Å². The third-order valence-electron chi connectivity index (χ3n) is 5.32. The van der Waals surface area contributed by atoms with Crippen LogP contribution in [0.3, 0.4) is 0 Å². The third-order valence-corrected chi connectivity index (χ3v) is 6.88. The lowest BCUT2D eigenvalue weighted by Crippen LogP contribution is -2.24. The Hall–Kier alpha value is -3.20. The maximum Gasteiger partial charge on any atom is 0.251 e. The van der Waals surface area contributed by atoms with E-state index in [9.17, 15) is 4.79 Å². The highest BCUT2D eigenvalue weighted by atomic mass is 35.5. The summed E-state index contributed by atoms with van der Waals surface area (Å²) in [7, 11) is 3.06. The van der Waals surface area contributed by atoms with Gasteiger partial charge in [-0.2, -0.15) is 0 Å². The van der Waals surface area contributed by atoms with Crippen LogP contribution in [0.5, 0.6) is 11.5 Å². The van der Waals surface area contributed by atoms with Gasteiger partial charge >= 0.3 is 0 Å². The fraction of sp³-hybridized carbons (Fsp3) is 0.192. The van der Waals surface area contributed by atoms with Crippen molar-refractivity contribution < 1.29 is 14.3 Å². The summed E-state index contributed by atoms with van der Waals surface area (Å²) in [6.45, 7) is 2.17. The first-order valence-electron chi connectivity index (χ1n) is 11.0. The first-order chi connectivity index (χ1) is 17.4. The smallest absolute Gasteiger partial charge is 0.251 e. The highest BCUT2D eigenvalue weighted by Crippen LogP contribution is 2.31. The van der Waals surface area contributed by atoms with E-state index in [4.69, 9.17) is 32.7 Å². The Bertz CT molecular complexity index is 1370. The molecule has 0 aliphatic carbocycles. The Morgan fingerprint density at radius 1 is 1.00 bits per heavy atom. The molecule has 3 aromatic carbocycles. The van der Waals surface area contributed by atoms with Crippen molar-refractivity contribution in [1.82, 2.24) is 20.1 Å². The number of aromatic nitrogens is 3. The topological polar surface area (TPSA) is 78.3 Å². The molecule has 7 nitrogen and oxygen atoms in total. The number of aryl methyl sites for hydroxylation is 1. The van der Waals surface area contributed by atoms with Crippen LogP contribution in [0.4, 0.5) is 0 Å². The molecule has 0 saturated carbocycles. The Morgan fingerprint density at radius 3 is 2.44 bits per heavy atom. The molecule has 4 aromatic rings. The predicted octanol–water partition coefficient (Wildman–Crippen LogP) is 6.12. The first kappa shape index (κ1) is 25.9. The molecule has 36 heavy (non-hydrogen) atoms. The molecule has 1 heterocycles. The number of amides is 1. The van der Waals surface area contributed by atoms with Crippen molar-refractivity contribution >= 4 is 40.9 Å². The quantitative estimate of drug-likeness (QED) is 0.256. The van der Waals surface area contributed by atoms with Crippen LogP contribution in [-0.4, -0.2) is 34.9 Å². The molecule has 0 bridgehead atoms. The molecule has 1 aromatic heterocycles. The molecule has 0 aliphatic rings. The van der Waals surface area contributed by atoms with Crippen molar-refractivity contribution in [1.29, 1.82) is 0 Å². The van der Waals surface area contributed by atoms with Gasteiger partial charge in [-0.1, -0.05) is 64.8 Å². The van der Waals surface area contributed by atoms with Crippen molar-refractivity contribution in [2.24, 2.45) is 0 Å². The number of hydrogen-bond donors (Lipinski definition) is 1. The van der Waals surface area contributed by atoms with E-state index in [2.05, 4.69) is 40.6 Å². The maximum atomic E-state index is 12.9. The molecule has 0 aliphatic heterocycles. The van der Waals surface area contributed by atoms with Crippen molar-refractivity contribution in [3.05, 3.63) is 93.2 Å². The summed E-state index contributed by atoms with van der Waals surface area (Å²) in [5.74, 6) is 1.92. The average molecular weight is 543 g/mol. The van der Waals surface area contributed by atoms with Gasteiger partial charge < -0.3 is 14.8 Å². The van der Waals surface area contributed by atoms with E-state index in [1.807, 2.05) is 10.6 Å². The van der Waals surface area contributed by atoms with Crippen LogP contribution in [0, 0.1) is 6.92 Å². The van der Waals surface area contributed by atoms with Crippen LogP contribution in [-0.2, 0) is 12.3 Å². The average Bonchev–Trinajstić information content (AvgIpc) is 3.29. The van der Waals surface area contributed by atoms with Crippen molar-refractivity contribution in [3.8, 4) is 17.2 Å². The van der Waals surface area contributed by atoms with E-state index in [1.165, 1.54) is 31.5 Å². The van der Waals surface area contributed by atoms with E-state index < -0.39 is 0 Å². The number of thioether (sulfide) groups is 1. The number of rotatable bonds is 9. The number of benzene rings is 3. The van der Waals surface area contributed by atoms with Gasteiger partial charge in [-0.15, -0.1) is 10.2 Å². The molecule has 0 atom stereocenters. The van der Waals surface area contributed by atoms with Gasteiger partial charge in [0.05, 0.1) is 31.5 Å². The molecule has 186 valence electrons. The minimum atomic E-state index is -0.312. The molecular weight excluding hydrogens is 519 g/mol. The molecular formula is C26H24Cl2N4O3S. The van der Waals surface area contributed by atoms with Gasteiger partial charge in [-0.25, -0.2) is 0 Å². The molecule has 0 saturated heterocycles. The summed E-state index contributed by atoms with van der Waals surface area (Å²) in [5.41, 5.74) is 3.37. The molecule has 1 N–H and O–H groups in total. The lowest BCUT2D eigenvalue weighted by molar-refractivity contribution is 0.0949. The van der Waals surface area contributed by atoms with E-state index in [0.29, 0.717) is 49.5 Å². The van der Waals surface area contributed by atoms with Gasteiger partial charge in [0.25, 0.3) is 5.91 Å². The fourth-order valence-corrected chi connectivity index (χ4v) is 4.83. The zero-order valence-electron chi connectivity index (χ0n) is 19.9. The van der Waals surface area contributed by atoms with E-state index in [0.717, 1.165) is 5.56 Å². The maximum absolute atomic E-state index is 12.9. The number of methoxy groups -OCH3 is 2. The molecule has 0 radical (unpaired) electrons. The summed E-state index contributed by atoms with van der Waals surface area (Å²) in [5, 5.41) is 13.3. The number of carbonyl (C=O) groups excluding carboxylic acids is 1. The van der Waals surface area contributed by atoms with Crippen molar-refractivity contribution in [2.75, 3.05) is 14.2 Å². The Morgan fingerprint density at radius 2 is 1.75 bits per heavy atom. The summed E-state index contributed by atoms with van der Waals surface area (Å²) < 4.78 is 12.4.